The summed E-state index contributed by atoms with van der Waals surface area (Å²) in [7, 11) is 1.81. The molecule has 0 spiro atoms. The molecule has 3 heterocycles. The van der Waals surface area contributed by atoms with Crippen LogP contribution in [0.4, 0.5) is 0 Å². The molecule has 1 N–H and O–H groups in total. The van der Waals surface area contributed by atoms with Crippen LogP contribution in [0.5, 0.6) is 5.75 Å². The number of nitrogens with zero attached hydrogens (tertiary/aromatic N) is 5. The van der Waals surface area contributed by atoms with Crippen molar-refractivity contribution in [3.63, 3.8) is 0 Å². The molecule has 0 radical (unpaired) electrons. The van der Waals surface area contributed by atoms with Crippen molar-refractivity contribution in [3.05, 3.63) is 30.9 Å². The maximum atomic E-state index is 9.34. The molecular weight excluding hydrogens is 234 g/mol. The molecule has 0 bridgehead atoms. The summed E-state index contributed by atoms with van der Waals surface area (Å²) in [6, 6.07) is 1.51. The molecule has 7 heteroatoms. The average molecular weight is 243 g/mol. The lowest BCUT2D eigenvalue weighted by molar-refractivity contribution is 0.431. The first-order chi connectivity index (χ1) is 8.72. The number of rotatable bonds is 2. The van der Waals surface area contributed by atoms with Crippen LogP contribution in [-0.2, 0) is 7.05 Å². The lowest BCUT2D eigenvalue weighted by Crippen LogP contribution is -1.84. The Morgan fingerprint density at radius 3 is 2.83 bits per heavy atom. The van der Waals surface area contributed by atoms with E-state index in [1.54, 1.807) is 23.3 Å². The third-order valence-corrected chi connectivity index (χ3v) is 2.36. The van der Waals surface area contributed by atoms with Crippen LogP contribution >= 0.6 is 0 Å². The summed E-state index contributed by atoms with van der Waals surface area (Å²) < 4.78 is 6.77. The highest BCUT2D eigenvalue weighted by molar-refractivity contribution is 5.58. The van der Waals surface area contributed by atoms with E-state index < -0.39 is 0 Å². The van der Waals surface area contributed by atoms with Crippen LogP contribution in [0.1, 0.15) is 0 Å². The molecule has 0 saturated carbocycles. The highest BCUT2D eigenvalue weighted by atomic mass is 16.5. The van der Waals surface area contributed by atoms with Gasteiger partial charge in [-0.1, -0.05) is 5.16 Å². The Balaban J connectivity index is 1.99. The standard InChI is InChI=1S/C11H9N5O2/c1-16-6-8(4-13-16)10-14-11(18-15-10)7-2-9(17)5-12-3-7/h2-6,17H,1H3. The number of hydrogen-bond acceptors (Lipinski definition) is 6. The van der Waals surface area contributed by atoms with E-state index in [0.717, 1.165) is 5.56 Å². The zero-order valence-corrected chi connectivity index (χ0v) is 9.48. The average Bonchev–Trinajstić information content (AvgIpc) is 2.97. The van der Waals surface area contributed by atoms with Crippen LogP contribution in [0.3, 0.4) is 0 Å². The number of pyridine rings is 1. The molecule has 0 saturated heterocycles. The quantitative estimate of drug-likeness (QED) is 0.728. The van der Waals surface area contributed by atoms with Crippen LogP contribution in [0.15, 0.2) is 35.4 Å². The molecule has 0 amide bonds. The van der Waals surface area contributed by atoms with Gasteiger partial charge in [0.05, 0.1) is 23.5 Å². The van der Waals surface area contributed by atoms with Crippen LogP contribution in [-0.4, -0.2) is 30.0 Å². The van der Waals surface area contributed by atoms with Gasteiger partial charge in [0.1, 0.15) is 5.75 Å². The topological polar surface area (TPSA) is 89.9 Å². The predicted molar refractivity (Wildman–Crippen MR) is 61.4 cm³/mol. The van der Waals surface area contributed by atoms with Gasteiger partial charge in [-0.3, -0.25) is 9.67 Å². The SMILES string of the molecule is Cn1cc(-c2noc(-c3cncc(O)c3)n2)cn1. The van der Waals surface area contributed by atoms with E-state index in [0.29, 0.717) is 17.3 Å². The first-order valence-corrected chi connectivity index (χ1v) is 5.19. The van der Waals surface area contributed by atoms with E-state index in [1.807, 2.05) is 7.05 Å². The van der Waals surface area contributed by atoms with Crippen LogP contribution in [0.2, 0.25) is 0 Å². The zero-order chi connectivity index (χ0) is 12.5. The largest absolute Gasteiger partial charge is 0.506 e. The number of hydrogen-bond donors (Lipinski definition) is 1. The Hall–Kier alpha value is -2.70. The molecule has 18 heavy (non-hydrogen) atoms. The summed E-state index contributed by atoms with van der Waals surface area (Å²) in [6.07, 6.45) is 6.31. The minimum Gasteiger partial charge on any atom is -0.506 e. The number of aromatic nitrogens is 5. The molecule has 0 aromatic carbocycles. The van der Waals surface area contributed by atoms with E-state index >= 15 is 0 Å². The van der Waals surface area contributed by atoms with Crippen molar-refractivity contribution in [3.8, 4) is 28.6 Å². The van der Waals surface area contributed by atoms with Gasteiger partial charge in [-0.15, -0.1) is 0 Å². The lowest BCUT2D eigenvalue weighted by atomic mass is 10.3. The normalized spacial score (nSPS) is 10.7. The molecule has 0 aliphatic carbocycles. The monoisotopic (exact) mass is 243 g/mol. The van der Waals surface area contributed by atoms with E-state index in [1.165, 1.54) is 12.3 Å². The van der Waals surface area contributed by atoms with E-state index in [-0.39, 0.29) is 5.75 Å². The van der Waals surface area contributed by atoms with Crippen molar-refractivity contribution >= 4 is 0 Å². The number of aromatic hydroxyl groups is 1. The van der Waals surface area contributed by atoms with Crippen molar-refractivity contribution in [1.29, 1.82) is 0 Å². The summed E-state index contributed by atoms with van der Waals surface area (Å²) in [5.41, 5.74) is 1.33. The summed E-state index contributed by atoms with van der Waals surface area (Å²) in [4.78, 5) is 8.08. The molecule has 3 aromatic heterocycles. The van der Waals surface area contributed by atoms with Crippen molar-refractivity contribution in [2.45, 2.75) is 0 Å². The molecule has 0 fully saturated rings. The fraction of sp³-hybridized carbons (Fsp3) is 0.0909. The Bertz CT molecular complexity index is 688. The van der Waals surface area contributed by atoms with E-state index in [4.69, 9.17) is 4.52 Å². The van der Waals surface area contributed by atoms with Gasteiger partial charge in [-0.25, -0.2) is 0 Å². The molecule has 3 rings (SSSR count). The van der Waals surface area contributed by atoms with Crippen molar-refractivity contribution in [2.75, 3.05) is 0 Å². The molecule has 0 aliphatic heterocycles. The first kappa shape index (κ1) is 10.5. The molecule has 0 atom stereocenters. The molecular formula is C11H9N5O2. The van der Waals surface area contributed by atoms with Crippen molar-refractivity contribution in [1.82, 2.24) is 24.9 Å². The Kier molecular flexibility index (Phi) is 2.30. The predicted octanol–water partition coefficient (Wildman–Crippen LogP) is 1.24. The second-order valence-electron chi connectivity index (χ2n) is 3.76. The fourth-order valence-electron chi connectivity index (χ4n) is 1.54. The van der Waals surface area contributed by atoms with Gasteiger partial charge in [0.2, 0.25) is 5.82 Å². The summed E-state index contributed by atoms with van der Waals surface area (Å²) in [5, 5.41) is 17.2. The van der Waals surface area contributed by atoms with Gasteiger partial charge in [-0.2, -0.15) is 10.1 Å². The maximum absolute atomic E-state index is 9.34. The molecule has 0 aliphatic rings. The van der Waals surface area contributed by atoms with Gasteiger partial charge >= 0.3 is 0 Å². The van der Waals surface area contributed by atoms with Gasteiger partial charge in [0, 0.05) is 19.4 Å². The van der Waals surface area contributed by atoms with Crippen LogP contribution in [0, 0.1) is 0 Å². The number of aryl methyl sites for hydroxylation is 1. The van der Waals surface area contributed by atoms with Crippen molar-refractivity contribution in [2.24, 2.45) is 7.05 Å². The second-order valence-corrected chi connectivity index (χ2v) is 3.76. The highest BCUT2D eigenvalue weighted by Gasteiger charge is 2.12. The third kappa shape index (κ3) is 1.81. The Labute approximate surface area is 102 Å². The third-order valence-electron chi connectivity index (χ3n) is 2.36. The highest BCUT2D eigenvalue weighted by Crippen LogP contribution is 2.23. The first-order valence-electron chi connectivity index (χ1n) is 5.19. The smallest absolute Gasteiger partial charge is 0.259 e. The minimum absolute atomic E-state index is 0.0497. The van der Waals surface area contributed by atoms with Gasteiger partial charge in [-0.05, 0) is 6.07 Å². The zero-order valence-electron chi connectivity index (χ0n) is 9.48. The Morgan fingerprint density at radius 1 is 1.22 bits per heavy atom. The van der Waals surface area contributed by atoms with Crippen LogP contribution in [0.25, 0.3) is 22.8 Å². The molecule has 7 nitrogen and oxygen atoms in total. The van der Waals surface area contributed by atoms with Gasteiger partial charge in [0.15, 0.2) is 0 Å². The fourth-order valence-corrected chi connectivity index (χ4v) is 1.54. The summed E-state index contributed by atoms with van der Waals surface area (Å²) in [6.45, 7) is 0. The van der Waals surface area contributed by atoms with Gasteiger partial charge < -0.3 is 9.63 Å². The summed E-state index contributed by atoms with van der Waals surface area (Å²) in [5.74, 6) is 0.798. The second kappa shape index (κ2) is 3.95. The maximum Gasteiger partial charge on any atom is 0.259 e. The Morgan fingerprint density at radius 2 is 2.11 bits per heavy atom. The van der Waals surface area contributed by atoms with Gasteiger partial charge in [0.25, 0.3) is 5.89 Å². The lowest BCUT2D eigenvalue weighted by Gasteiger charge is -1.93. The molecule has 3 aromatic rings. The molecule has 90 valence electrons. The molecule has 0 unspecified atom stereocenters. The van der Waals surface area contributed by atoms with Crippen LogP contribution < -0.4 is 0 Å². The van der Waals surface area contributed by atoms with E-state index in [9.17, 15) is 5.11 Å². The minimum atomic E-state index is 0.0497. The van der Waals surface area contributed by atoms with Crippen molar-refractivity contribution < 1.29 is 9.63 Å². The van der Waals surface area contributed by atoms with E-state index in [2.05, 4.69) is 20.2 Å². The summed E-state index contributed by atoms with van der Waals surface area (Å²) >= 11 is 0.